The van der Waals surface area contributed by atoms with Gasteiger partial charge in [-0.3, -0.25) is 4.79 Å². The number of hydrogen-bond acceptors (Lipinski definition) is 5. The zero-order chi connectivity index (χ0) is 22.1. The summed E-state index contributed by atoms with van der Waals surface area (Å²) in [6, 6.07) is 14.8. The zero-order valence-corrected chi connectivity index (χ0v) is 17.8. The van der Waals surface area contributed by atoms with Gasteiger partial charge in [0.25, 0.3) is 5.91 Å². The van der Waals surface area contributed by atoms with E-state index in [1.165, 1.54) is 18.2 Å². The van der Waals surface area contributed by atoms with Gasteiger partial charge in [0.1, 0.15) is 23.3 Å². The molecule has 1 saturated heterocycles. The summed E-state index contributed by atoms with van der Waals surface area (Å²) < 4.78 is 24.8. The topological polar surface area (TPSA) is 72.4 Å². The molecular weight excluding hydrogens is 433 g/mol. The molecule has 0 N–H and O–H groups in total. The first-order valence-electron chi connectivity index (χ1n) is 10.3. The summed E-state index contributed by atoms with van der Waals surface area (Å²) in [4.78, 5) is 19.2. The van der Waals surface area contributed by atoms with Crippen molar-refractivity contribution < 1.29 is 18.1 Å². The van der Waals surface area contributed by atoms with Crippen LogP contribution in [0.1, 0.15) is 46.7 Å². The number of aromatic nitrogens is 2. The first-order valence-corrected chi connectivity index (χ1v) is 10.7. The second-order valence-electron chi connectivity index (χ2n) is 7.71. The average Bonchev–Trinajstić information content (AvgIpc) is 3.55. The largest absolute Gasteiger partial charge is 0.443 e. The predicted molar refractivity (Wildman–Crippen MR) is 116 cm³/mol. The van der Waals surface area contributed by atoms with Crippen LogP contribution < -0.4 is 0 Å². The van der Waals surface area contributed by atoms with E-state index in [1.54, 1.807) is 23.2 Å². The predicted octanol–water partition coefficient (Wildman–Crippen LogP) is 5.69. The molecule has 2 aromatic heterocycles. The SMILES string of the molecule is O=C(c1cc(-c2cccc(F)c2)no1)N1CCCC1c1ncc(Cc2ccc(Cl)cc2)o1. The van der Waals surface area contributed by atoms with Gasteiger partial charge in [-0.1, -0.05) is 41.0 Å². The summed E-state index contributed by atoms with van der Waals surface area (Å²) in [5, 5.41) is 4.62. The molecule has 0 saturated carbocycles. The summed E-state index contributed by atoms with van der Waals surface area (Å²) >= 11 is 5.94. The first-order chi connectivity index (χ1) is 15.6. The van der Waals surface area contributed by atoms with Gasteiger partial charge in [0.15, 0.2) is 0 Å². The molecule has 6 nitrogen and oxygen atoms in total. The van der Waals surface area contributed by atoms with Crippen LogP contribution in [0.4, 0.5) is 4.39 Å². The van der Waals surface area contributed by atoms with Gasteiger partial charge in [-0.05, 0) is 42.7 Å². The van der Waals surface area contributed by atoms with Crippen molar-refractivity contribution in [1.82, 2.24) is 15.0 Å². The highest BCUT2D eigenvalue weighted by Gasteiger charge is 2.35. The minimum absolute atomic E-state index is 0.101. The first kappa shape index (κ1) is 20.5. The normalized spacial score (nSPS) is 15.9. The maximum absolute atomic E-state index is 13.5. The number of likely N-dealkylation sites (tertiary alicyclic amines) is 1. The number of benzene rings is 2. The fourth-order valence-corrected chi connectivity index (χ4v) is 4.06. The highest BCUT2D eigenvalue weighted by atomic mass is 35.5. The molecule has 0 bridgehead atoms. The van der Waals surface area contributed by atoms with Gasteiger partial charge in [0.2, 0.25) is 11.7 Å². The van der Waals surface area contributed by atoms with Crippen molar-refractivity contribution >= 4 is 17.5 Å². The van der Waals surface area contributed by atoms with Crippen molar-refractivity contribution in [1.29, 1.82) is 0 Å². The quantitative estimate of drug-likeness (QED) is 0.389. The lowest BCUT2D eigenvalue weighted by Gasteiger charge is -2.20. The summed E-state index contributed by atoms with van der Waals surface area (Å²) in [5.74, 6) is 0.653. The minimum atomic E-state index is -0.378. The summed E-state index contributed by atoms with van der Waals surface area (Å²) in [6.07, 6.45) is 3.86. The third-order valence-corrected chi connectivity index (χ3v) is 5.76. The molecule has 4 aromatic rings. The van der Waals surface area contributed by atoms with E-state index >= 15 is 0 Å². The molecule has 1 fully saturated rings. The molecule has 1 atom stereocenters. The van der Waals surface area contributed by atoms with Crippen molar-refractivity contribution in [3.63, 3.8) is 0 Å². The summed E-state index contributed by atoms with van der Waals surface area (Å²) in [5.41, 5.74) is 2.01. The van der Waals surface area contributed by atoms with E-state index in [0.717, 1.165) is 24.2 Å². The van der Waals surface area contributed by atoms with E-state index in [2.05, 4.69) is 10.1 Å². The van der Waals surface area contributed by atoms with Gasteiger partial charge in [0, 0.05) is 29.6 Å². The van der Waals surface area contributed by atoms with Crippen LogP contribution in [-0.2, 0) is 6.42 Å². The van der Waals surface area contributed by atoms with Crippen molar-refractivity contribution in [3.8, 4) is 11.3 Å². The zero-order valence-electron chi connectivity index (χ0n) is 17.0. The van der Waals surface area contributed by atoms with Crippen LogP contribution in [0.3, 0.4) is 0 Å². The van der Waals surface area contributed by atoms with E-state index in [1.807, 2.05) is 24.3 Å². The number of halogens is 2. The molecule has 1 aliphatic rings. The van der Waals surface area contributed by atoms with E-state index in [9.17, 15) is 9.18 Å². The Balaban J connectivity index is 1.32. The van der Waals surface area contributed by atoms with Crippen LogP contribution in [0, 0.1) is 5.82 Å². The smallest absolute Gasteiger partial charge is 0.293 e. The summed E-state index contributed by atoms with van der Waals surface area (Å²) in [6.45, 7) is 0.564. The lowest BCUT2D eigenvalue weighted by Crippen LogP contribution is -2.30. The maximum Gasteiger partial charge on any atom is 0.293 e. The van der Waals surface area contributed by atoms with Crippen molar-refractivity contribution in [2.45, 2.75) is 25.3 Å². The minimum Gasteiger partial charge on any atom is -0.443 e. The molecule has 1 aliphatic heterocycles. The van der Waals surface area contributed by atoms with Gasteiger partial charge >= 0.3 is 0 Å². The highest BCUT2D eigenvalue weighted by molar-refractivity contribution is 6.30. The van der Waals surface area contributed by atoms with E-state index in [-0.39, 0.29) is 23.5 Å². The molecule has 2 aromatic carbocycles. The molecule has 0 spiro atoms. The lowest BCUT2D eigenvalue weighted by atomic mass is 10.1. The van der Waals surface area contributed by atoms with Crippen LogP contribution in [-0.4, -0.2) is 27.5 Å². The monoisotopic (exact) mass is 451 g/mol. The number of oxazole rings is 1. The highest BCUT2D eigenvalue weighted by Crippen LogP contribution is 2.33. The number of carbonyl (C=O) groups is 1. The van der Waals surface area contributed by atoms with E-state index in [4.69, 9.17) is 20.5 Å². The molecule has 1 unspecified atom stereocenters. The van der Waals surface area contributed by atoms with Gasteiger partial charge in [0.05, 0.1) is 6.20 Å². The van der Waals surface area contributed by atoms with Crippen LogP contribution >= 0.6 is 11.6 Å². The Morgan fingerprint density at radius 3 is 2.84 bits per heavy atom. The number of nitrogens with zero attached hydrogens (tertiary/aromatic N) is 3. The van der Waals surface area contributed by atoms with Gasteiger partial charge in [-0.2, -0.15) is 0 Å². The standard InChI is InChI=1S/C24H19ClFN3O3/c25-17-8-6-15(7-9-17)11-19-14-27-23(31-19)21-5-2-10-29(21)24(30)22-13-20(28-32-22)16-3-1-4-18(26)12-16/h1,3-4,6-9,12-14,21H,2,5,10-11H2. The van der Waals surface area contributed by atoms with Crippen LogP contribution in [0.5, 0.6) is 0 Å². The molecule has 32 heavy (non-hydrogen) atoms. The number of amides is 1. The van der Waals surface area contributed by atoms with Crippen LogP contribution in [0.15, 0.2) is 69.7 Å². The molecule has 3 heterocycles. The molecule has 8 heteroatoms. The second-order valence-corrected chi connectivity index (χ2v) is 8.15. The van der Waals surface area contributed by atoms with Crippen molar-refractivity contribution in [3.05, 3.63) is 94.6 Å². The Kier molecular flexibility index (Phi) is 5.49. The Morgan fingerprint density at radius 1 is 1.19 bits per heavy atom. The second kappa shape index (κ2) is 8.59. The molecule has 0 aliphatic carbocycles. The molecule has 162 valence electrons. The maximum atomic E-state index is 13.5. The van der Waals surface area contributed by atoms with Gasteiger partial charge < -0.3 is 13.8 Å². The Labute approximate surface area is 188 Å². The third-order valence-electron chi connectivity index (χ3n) is 5.50. The average molecular weight is 452 g/mol. The number of hydrogen-bond donors (Lipinski definition) is 0. The fraction of sp³-hybridized carbons (Fsp3) is 0.208. The molecular formula is C24H19ClFN3O3. The summed E-state index contributed by atoms with van der Waals surface area (Å²) in [7, 11) is 0. The number of carbonyl (C=O) groups excluding carboxylic acids is 1. The third kappa shape index (κ3) is 4.16. The Hall–Kier alpha value is -3.45. The van der Waals surface area contributed by atoms with E-state index < -0.39 is 0 Å². The fourth-order valence-electron chi connectivity index (χ4n) is 3.93. The van der Waals surface area contributed by atoms with Crippen molar-refractivity contribution in [2.75, 3.05) is 6.54 Å². The Bertz CT molecular complexity index is 1250. The molecule has 1 amide bonds. The Morgan fingerprint density at radius 2 is 2.03 bits per heavy atom. The van der Waals surface area contributed by atoms with Gasteiger partial charge in [-0.15, -0.1) is 0 Å². The van der Waals surface area contributed by atoms with Crippen molar-refractivity contribution in [2.24, 2.45) is 0 Å². The van der Waals surface area contributed by atoms with Crippen LogP contribution in [0.2, 0.25) is 5.02 Å². The van der Waals surface area contributed by atoms with E-state index in [0.29, 0.717) is 35.1 Å². The van der Waals surface area contributed by atoms with Gasteiger partial charge in [-0.25, -0.2) is 9.37 Å². The lowest BCUT2D eigenvalue weighted by molar-refractivity contribution is 0.0672. The molecule has 0 radical (unpaired) electrons. The number of rotatable bonds is 5. The van der Waals surface area contributed by atoms with Crippen LogP contribution in [0.25, 0.3) is 11.3 Å². The molecule has 5 rings (SSSR count).